The van der Waals surface area contributed by atoms with E-state index in [1.54, 1.807) is 25.1 Å². The largest absolute Gasteiger partial charge is 0.508 e. The lowest BCUT2D eigenvalue weighted by Gasteiger charge is -2.40. The number of aromatic hydroxyl groups is 1. The molecule has 12 heteroatoms. The number of unbranched alkanes of at least 4 members (excludes halogenated alkanes) is 1. The SMILES string of the molecule is CCCC[C@H](O)[C@H](O)/C=C/C1=C(\C[C@H](O)CO)[C@H]2NC[C@](C)(O)[C@H](c3ccc(O)cc3CCO)C#C[C@H](C[C@H]2C[C@H](O)[C@H](O)CCC(=O)O)c2ccccc2CC1. The van der Waals surface area contributed by atoms with Crippen LogP contribution in [0.4, 0.5) is 0 Å². The summed E-state index contributed by atoms with van der Waals surface area (Å²) in [6, 6.07) is 11.9. The summed E-state index contributed by atoms with van der Waals surface area (Å²) in [5.74, 6) is 3.96. The summed E-state index contributed by atoms with van der Waals surface area (Å²) in [6.07, 6.45) is 0.0827. The van der Waals surface area contributed by atoms with Crippen LogP contribution >= 0.6 is 0 Å². The Balaban J connectivity index is 2.00. The van der Waals surface area contributed by atoms with Gasteiger partial charge in [0.25, 0.3) is 0 Å². The predicted molar refractivity (Wildman–Crippen MR) is 216 cm³/mol. The fourth-order valence-electron chi connectivity index (χ4n) is 8.25. The number of aliphatic hydroxyl groups is 8. The van der Waals surface area contributed by atoms with Gasteiger partial charge in [-0.1, -0.05) is 74.1 Å². The molecule has 2 aromatic carbocycles. The van der Waals surface area contributed by atoms with E-state index >= 15 is 0 Å². The van der Waals surface area contributed by atoms with Crippen LogP contribution in [0.5, 0.6) is 5.75 Å². The Bertz CT molecular complexity index is 1730. The first-order valence-corrected chi connectivity index (χ1v) is 20.3. The van der Waals surface area contributed by atoms with Crippen molar-refractivity contribution in [2.75, 3.05) is 19.8 Å². The Labute approximate surface area is 336 Å². The number of nitrogens with one attached hydrogen (secondary N) is 1. The summed E-state index contributed by atoms with van der Waals surface area (Å²) in [5.41, 5.74) is 2.93. The van der Waals surface area contributed by atoms with Crippen LogP contribution < -0.4 is 5.32 Å². The number of phenols is 1. The molecule has 2 bridgehead atoms. The normalized spacial score (nSPS) is 26.8. The van der Waals surface area contributed by atoms with Gasteiger partial charge in [0.15, 0.2) is 0 Å². The van der Waals surface area contributed by atoms with Crippen molar-refractivity contribution in [2.24, 2.45) is 5.92 Å². The summed E-state index contributed by atoms with van der Waals surface area (Å²) in [6.45, 7) is 2.82. The maximum Gasteiger partial charge on any atom is 0.303 e. The van der Waals surface area contributed by atoms with Crippen LogP contribution in [0.2, 0.25) is 0 Å². The van der Waals surface area contributed by atoms with Gasteiger partial charge in [0.05, 0.1) is 48.6 Å². The molecule has 1 aliphatic carbocycles. The third-order valence-electron chi connectivity index (χ3n) is 11.5. The number of aliphatic hydroxyl groups excluding tert-OH is 7. The van der Waals surface area contributed by atoms with Crippen LogP contribution in [0.3, 0.4) is 0 Å². The molecule has 57 heavy (non-hydrogen) atoms. The Morgan fingerprint density at radius 2 is 1.74 bits per heavy atom. The maximum absolute atomic E-state index is 12.4. The minimum absolute atomic E-state index is 0.00884. The molecule has 2 aromatic rings. The highest BCUT2D eigenvalue weighted by Crippen LogP contribution is 2.40. The van der Waals surface area contributed by atoms with Crippen LogP contribution in [-0.2, 0) is 17.6 Å². The molecule has 0 fully saturated rings. The first kappa shape index (κ1) is 46.1. The molecule has 4 rings (SSSR count). The number of aryl methyl sites for hydroxylation is 1. The van der Waals surface area contributed by atoms with Crippen LogP contribution in [0.25, 0.3) is 0 Å². The fourth-order valence-corrected chi connectivity index (χ4v) is 8.25. The third kappa shape index (κ3) is 12.9. The number of fused-ring (bicyclic) bond motifs is 5. The first-order chi connectivity index (χ1) is 27.2. The second kappa shape index (κ2) is 22.0. The van der Waals surface area contributed by atoms with Gasteiger partial charge in [0.1, 0.15) is 5.75 Å². The lowest BCUT2D eigenvalue weighted by molar-refractivity contribution is -0.138. The smallest absolute Gasteiger partial charge is 0.303 e. The summed E-state index contributed by atoms with van der Waals surface area (Å²) in [7, 11) is 0. The van der Waals surface area contributed by atoms with Crippen molar-refractivity contribution in [1.29, 1.82) is 0 Å². The van der Waals surface area contributed by atoms with Crippen molar-refractivity contribution >= 4 is 5.97 Å². The van der Waals surface area contributed by atoms with Gasteiger partial charge in [-0.3, -0.25) is 4.79 Å². The molecule has 1 heterocycles. The van der Waals surface area contributed by atoms with Crippen molar-refractivity contribution in [3.8, 4) is 17.6 Å². The number of carbonyl (C=O) groups is 1. The topological polar surface area (TPSA) is 231 Å². The van der Waals surface area contributed by atoms with Crippen LogP contribution in [-0.4, -0.2) is 119 Å². The van der Waals surface area contributed by atoms with Gasteiger partial charge in [-0.2, -0.15) is 0 Å². The van der Waals surface area contributed by atoms with Gasteiger partial charge in [-0.25, -0.2) is 0 Å². The van der Waals surface area contributed by atoms with E-state index in [4.69, 9.17) is 0 Å². The molecule has 0 amide bonds. The number of carboxylic acid groups (broad SMARTS) is 1. The average Bonchev–Trinajstić information content (AvgIpc) is 3.18. The second-order valence-electron chi connectivity index (χ2n) is 16.0. The number of allylic oxidation sites excluding steroid dienone is 2. The fraction of sp³-hybridized carbons (Fsp3) is 0.578. The third-order valence-corrected chi connectivity index (χ3v) is 11.5. The molecule has 0 radical (unpaired) electrons. The number of aliphatic carboxylic acids is 1. The van der Waals surface area contributed by atoms with Gasteiger partial charge in [0, 0.05) is 31.5 Å². The number of hydrogen-bond donors (Lipinski definition) is 11. The van der Waals surface area contributed by atoms with Gasteiger partial charge >= 0.3 is 5.97 Å². The molecular weight excluding hydrogens is 730 g/mol. The molecule has 0 spiro atoms. The van der Waals surface area contributed by atoms with E-state index in [0.29, 0.717) is 48.0 Å². The molecule has 0 saturated carbocycles. The van der Waals surface area contributed by atoms with E-state index in [0.717, 1.165) is 24.0 Å². The highest BCUT2D eigenvalue weighted by atomic mass is 16.4. The summed E-state index contributed by atoms with van der Waals surface area (Å²) < 4.78 is 0. The van der Waals surface area contributed by atoms with Gasteiger partial charge < -0.3 is 56.4 Å². The van der Waals surface area contributed by atoms with E-state index in [1.165, 1.54) is 12.1 Å². The quantitative estimate of drug-likeness (QED) is 0.0980. The lowest BCUT2D eigenvalue weighted by Crippen LogP contribution is -2.51. The molecule has 2 aliphatic rings. The van der Waals surface area contributed by atoms with Gasteiger partial charge in [0.2, 0.25) is 0 Å². The van der Waals surface area contributed by atoms with E-state index in [1.807, 2.05) is 31.2 Å². The standard InChI is InChI=1S/C45H63NO11/c1-3-4-9-39(51)40(52)17-13-29-11-10-28-7-5-6-8-35(28)30-12-16-38(36-15-14-33(49)23-31(36)20-21-47)45(2,57)27-46-44(37(29)25-34(50)26-48)32(22-30)24-42(54)41(53)18-19-43(55)56/h5-8,13-15,17,23,30,32,34,38-42,44,46-54,57H,3-4,9-11,18-22,24-27H2,1-2H3,(H,55,56)/b17-13+,37-29+/t30-,32+,34+,38+,39+,40-,41-,42+,44+,45+/m1/s1. The number of phenolic OH excluding ortho intramolecular Hbond substituents is 1. The molecule has 0 saturated heterocycles. The van der Waals surface area contributed by atoms with Crippen molar-refractivity contribution < 1.29 is 55.9 Å². The molecular formula is C45H63NO11. The van der Waals surface area contributed by atoms with E-state index in [2.05, 4.69) is 17.2 Å². The molecule has 11 N–H and O–H groups in total. The Kier molecular flexibility index (Phi) is 17.7. The van der Waals surface area contributed by atoms with Crippen molar-refractivity contribution in [1.82, 2.24) is 5.32 Å². The molecule has 12 nitrogen and oxygen atoms in total. The zero-order valence-electron chi connectivity index (χ0n) is 33.2. The number of rotatable bonds is 18. The Hall–Kier alpha value is -3.61. The molecule has 1 aliphatic heterocycles. The predicted octanol–water partition coefficient (Wildman–Crippen LogP) is 2.96. The average molecular weight is 794 g/mol. The summed E-state index contributed by atoms with van der Waals surface area (Å²) in [4.78, 5) is 11.4. The van der Waals surface area contributed by atoms with Gasteiger partial charge in [-0.15, -0.1) is 0 Å². The highest BCUT2D eigenvalue weighted by molar-refractivity contribution is 5.66. The molecule has 314 valence electrons. The van der Waals surface area contributed by atoms with Crippen LogP contribution in [0, 0.1) is 17.8 Å². The minimum atomic E-state index is -1.58. The molecule has 0 aromatic heterocycles. The zero-order valence-corrected chi connectivity index (χ0v) is 33.2. The number of β-amino-alcohol motifs (C(OH)–C–C–N with tert-alkyl or cyclic N) is 1. The van der Waals surface area contributed by atoms with E-state index in [-0.39, 0.29) is 51.0 Å². The van der Waals surface area contributed by atoms with Crippen molar-refractivity contribution in [2.45, 2.75) is 138 Å². The van der Waals surface area contributed by atoms with Crippen molar-refractivity contribution in [3.05, 3.63) is 88.0 Å². The maximum atomic E-state index is 12.4. The van der Waals surface area contributed by atoms with E-state index in [9.17, 15) is 55.9 Å². The number of carboxylic acids is 1. The van der Waals surface area contributed by atoms with E-state index < -0.39 is 72.5 Å². The monoisotopic (exact) mass is 793 g/mol. The Morgan fingerprint density at radius 1 is 0.982 bits per heavy atom. The first-order valence-electron chi connectivity index (χ1n) is 20.3. The second-order valence-corrected chi connectivity index (χ2v) is 16.0. The Morgan fingerprint density at radius 3 is 2.44 bits per heavy atom. The van der Waals surface area contributed by atoms with Crippen LogP contribution in [0.1, 0.15) is 106 Å². The summed E-state index contributed by atoms with van der Waals surface area (Å²) >= 11 is 0. The molecule has 0 unspecified atom stereocenters. The number of benzene rings is 2. The number of hydrogen-bond acceptors (Lipinski definition) is 11. The van der Waals surface area contributed by atoms with Crippen LogP contribution in [0.15, 0.2) is 65.8 Å². The van der Waals surface area contributed by atoms with Crippen molar-refractivity contribution in [3.63, 3.8) is 0 Å². The zero-order chi connectivity index (χ0) is 41.7. The summed E-state index contributed by atoms with van der Waals surface area (Å²) in [5, 5.41) is 111. The highest BCUT2D eigenvalue weighted by Gasteiger charge is 2.40. The minimum Gasteiger partial charge on any atom is -0.508 e. The van der Waals surface area contributed by atoms with Gasteiger partial charge in [-0.05, 0) is 110 Å². The molecule has 10 atom stereocenters. The lowest BCUT2D eigenvalue weighted by atomic mass is 9.72.